The van der Waals surface area contributed by atoms with Crippen molar-refractivity contribution in [2.24, 2.45) is 0 Å². The molecule has 3 heterocycles. The number of carbonyl (C=O) groups excluding carboxylic acids is 1. The molecule has 2 aromatic heterocycles. The van der Waals surface area contributed by atoms with Crippen molar-refractivity contribution in [3.8, 4) is 11.4 Å². The van der Waals surface area contributed by atoms with E-state index in [-0.39, 0.29) is 17.7 Å². The van der Waals surface area contributed by atoms with E-state index in [1.54, 1.807) is 12.4 Å². The Morgan fingerprint density at radius 3 is 2.73 bits per heavy atom. The number of hydrogen-bond acceptors (Lipinski definition) is 5. The van der Waals surface area contributed by atoms with Gasteiger partial charge in [-0.05, 0) is 23.6 Å². The number of aromatic nitrogens is 3. The standard InChI is InChI=1S/C20H20N4O2/c1-14(15-5-3-2-4-6-15)12-24-13-17(11-18(24)25)20-22-19(23-26-20)16-7-9-21-10-8-16/h2-10,14,17H,11-13H2,1H3. The number of carbonyl (C=O) groups is 1. The molecule has 4 rings (SSSR count). The van der Waals surface area contributed by atoms with E-state index < -0.39 is 0 Å². The van der Waals surface area contributed by atoms with Crippen LogP contribution in [0.3, 0.4) is 0 Å². The lowest BCUT2D eigenvalue weighted by atomic mass is 10.0. The zero-order chi connectivity index (χ0) is 17.9. The molecule has 0 aliphatic carbocycles. The molecule has 1 saturated heterocycles. The van der Waals surface area contributed by atoms with Crippen LogP contribution in [0.15, 0.2) is 59.4 Å². The zero-order valence-corrected chi connectivity index (χ0v) is 14.6. The van der Waals surface area contributed by atoms with Crippen molar-refractivity contribution in [2.45, 2.75) is 25.2 Å². The summed E-state index contributed by atoms with van der Waals surface area (Å²) in [7, 11) is 0. The van der Waals surface area contributed by atoms with Gasteiger partial charge in [0.2, 0.25) is 17.6 Å². The highest BCUT2D eigenvalue weighted by molar-refractivity contribution is 5.79. The van der Waals surface area contributed by atoms with Crippen LogP contribution in [0.2, 0.25) is 0 Å². The predicted octanol–water partition coefficient (Wildman–Crippen LogP) is 3.25. The monoisotopic (exact) mass is 348 g/mol. The van der Waals surface area contributed by atoms with Gasteiger partial charge in [-0.2, -0.15) is 4.98 Å². The molecular weight excluding hydrogens is 328 g/mol. The van der Waals surface area contributed by atoms with E-state index in [4.69, 9.17) is 4.52 Å². The Labute approximate surface area is 151 Å². The van der Waals surface area contributed by atoms with Crippen LogP contribution in [0, 0.1) is 0 Å². The van der Waals surface area contributed by atoms with E-state index in [2.05, 4.69) is 34.2 Å². The van der Waals surface area contributed by atoms with Gasteiger partial charge in [0, 0.05) is 37.5 Å². The fourth-order valence-electron chi connectivity index (χ4n) is 3.35. The lowest BCUT2D eigenvalue weighted by molar-refractivity contribution is -0.127. The van der Waals surface area contributed by atoms with Crippen molar-refractivity contribution in [3.63, 3.8) is 0 Å². The molecule has 2 unspecified atom stereocenters. The first-order valence-corrected chi connectivity index (χ1v) is 8.77. The highest BCUT2D eigenvalue weighted by Crippen LogP contribution is 2.30. The van der Waals surface area contributed by atoms with Gasteiger partial charge in [-0.25, -0.2) is 0 Å². The lowest BCUT2D eigenvalue weighted by Gasteiger charge is -2.21. The number of nitrogens with zero attached hydrogens (tertiary/aromatic N) is 4. The molecule has 0 spiro atoms. The highest BCUT2D eigenvalue weighted by Gasteiger charge is 2.35. The molecule has 6 nitrogen and oxygen atoms in total. The summed E-state index contributed by atoms with van der Waals surface area (Å²) < 4.78 is 5.43. The molecule has 1 aliphatic heterocycles. The third-order valence-corrected chi connectivity index (χ3v) is 4.81. The predicted molar refractivity (Wildman–Crippen MR) is 96.3 cm³/mol. The molecule has 0 saturated carbocycles. The maximum absolute atomic E-state index is 12.4. The third-order valence-electron chi connectivity index (χ3n) is 4.81. The maximum Gasteiger partial charge on any atom is 0.232 e. The Morgan fingerprint density at radius 2 is 1.96 bits per heavy atom. The summed E-state index contributed by atoms with van der Waals surface area (Å²) >= 11 is 0. The summed E-state index contributed by atoms with van der Waals surface area (Å²) in [6, 6.07) is 13.9. The van der Waals surface area contributed by atoms with Crippen LogP contribution < -0.4 is 0 Å². The molecule has 132 valence electrons. The van der Waals surface area contributed by atoms with Crippen molar-refractivity contribution in [1.29, 1.82) is 0 Å². The van der Waals surface area contributed by atoms with E-state index in [1.807, 2.05) is 35.2 Å². The summed E-state index contributed by atoms with van der Waals surface area (Å²) in [5.74, 6) is 1.44. The smallest absolute Gasteiger partial charge is 0.232 e. The molecular formula is C20H20N4O2. The van der Waals surface area contributed by atoms with Gasteiger partial charge in [0.15, 0.2) is 0 Å². The van der Waals surface area contributed by atoms with Crippen molar-refractivity contribution in [3.05, 3.63) is 66.3 Å². The SMILES string of the molecule is CC(CN1CC(c2nc(-c3ccncc3)no2)CC1=O)c1ccccc1. The minimum absolute atomic E-state index is 0.0476. The summed E-state index contributed by atoms with van der Waals surface area (Å²) in [6.45, 7) is 3.46. The van der Waals surface area contributed by atoms with Crippen LogP contribution in [0.5, 0.6) is 0 Å². The van der Waals surface area contributed by atoms with E-state index >= 15 is 0 Å². The van der Waals surface area contributed by atoms with Gasteiger partial charge in [0.05, 0.1) is 5.92 Å². The first kappa shape index (κ1) is 16.4. The molecule has 0 N–H and O–H groups in total. The number of rotatable bonds is 5. The number of amides is 1. The van der Waals surface area contributed by atoms with Gasteiger partial charge in [-0.1, -0.05) is 42.4 Å². The molecule has 1 aromatic carbocycles. The molecule has 0 bridgehead atoms. The van der Waals surface area contributed by atoms with Gasteiger partial charge in [-0.15, -0.1) is 0 Å². The van der Waals surface area contributed by atoms with Crippen LogP contribution in [-0.4, -0.2) is 39.0 Å². The molecule has 1 aliphatic rings. The quantitative estimate of drug-likeness (QED) is 0.708. The number of hydrogen-bond donors (Lipinski definition) is 0. The topological polar surface area (TPSA) is 72.1 Å². The minimum Gasteiger partial charge on any atom is -0.341 e. The van der Waals surface area contributed by atoms with Crippen LogP contribution in [0.25, 0.3) is 11.4 Å². The summed E-state index contributed by atoms with van der Waals surface area (Å²) in [5.41, 5.74) is 2.09. The fraction of sp³-hybridized carbons (Fsp3) is 0.300. The second-order valence-electron chi connectivity index (χ2n) is 6.70. The van der Waals surface area contributed by atoms with Crippen LogP contribution in [-0.2, 0) is 4.79 Å². The molecule has 26 heavy (non-hydrogen) atoms. The normalized spacial score (nSPS) is 18.3. The van der Waals surface area contributed by atoms with E-state index in [0.29, 0.717) is 31.2 Å². The number of pyridine rings is 1. The first-order valence-electron chi connectivity index (χ1n) is 8.77. The Hall–Kier alpha value is -3.02. The van der Waals surface area contributed by atoms with Crippen LogP contribution >= 0.6 is 0 Å². The van der Waals surface area contributed by atoms with Gasteiger partial charge >= 0.3 is 0 Å². The van der Waals surface area contributed by atoms with Crippen molar-refractivity contribution >= 4 is 5.91 Å². The van der Waals surface area contributed by atoms with Crippen LogP contribution in [0.1, 0.15) is 36.6 Å². The van der Waals surface area contributed by atoms with Crippen molar-refractivity contribution in [2.75, 3.05) is 13.1 Å². The number of likely N-dealkylation sites (tertiary alicyclic amines) is 1. The van der Waals surface area contributed by atoms with Crippen molar-refractivity contribution in [1.82, 2.24) is 20.0 Å². The fourth-order valence-corrected chi connectivity index (χ4v) is 3.35. The second-order valence-corrected chi connectivity index (χ2v) is 6.70. The van der Waals surface area contributed by atoms with Gasteiger partial charge < -0.3 is 9.42 Å². The second kappa shape index (κ2) is 7.07. The molecule has 0 radical (unpaired) electrons. The largest absolute Gasteiger partial charge is 0.341 e. The lowest BCUT2D eigenvalue weighted by Crippen LogP contribution is -2.29. The molecule has 1 amide bonds. The maximum atomic E-state index is 12.4. The third kappa shape index (κ3) is 3.35. The average Bonchev–Trinajstić information content (AvgIpc) is 3.31. The Balaban J connectivity index is 1.44. The van der Waals surface area contributed by atoms with Crippen LogP contribution in [0.4, 0.5) is 0 Å². The molecule has 3 aromatic rings. The summed E-state index contributed by atoms with van der Waals surface area (Å²) in [5, 5.41) is 4.05. The highest BCUT2D eigenvalue weighted by atomic mass is 16.5. The Kier molecular flexibility index (Phi) is 4.48. The van der Waals surface area contributed by atoms with E-state index in [0.717, 1.165) is 5.56 Å². The zero-order valence-electron chi connectivity index (χ0n) is 14.6. The summed E-state index contributed by atoms with van der Waals surface area (Å²) in [6.07, 6.45) is 3.80. The number of benzene rings is 1. The van der Waals surface area contributed by atoms with E-state index in [1.165, 1.54) is 5.56 Å². The van der Waals surface area contributed by atoms with Crippen molar-refractivity contribution < 1.29 is 9.32 Å². The van der Waals surface area contributed by atoms with Gasteiger partial charge in [-0.3, -0.25) is 9.78 Å². The first-order chi connectivity index (χ1) is 12.7. The Bertz CT molecular complexity index is 879. The molecule has 6 heteroatoms. The van der Waals surface area contributed by atoms with Gasteiger partial charge in [0.25, 0.3) is 0 Å². The molecule has 1 fully saturated rings. The summed E-state index contributed by atoms with van der Waals surface area (Å²) in [4.78, 5) is 22.8. The van der Waals surface area contributed by atoms with Gasteiger partial charge in [0.1, 0.15) is 0 Å². The Morgan fingerprint density at radius 1 is 1.19 bits per heavy atom. The molecule has 2 atom stereocenters. The minimum atomic E-state index is -0.0476. The average molecular weight is 348 g/mol. The van der Waals surface area contributed by atoms with E-state index in [9.17, 15) is 4.79 Å².